The topological polar surface area (TPSA) is 106 Å². The van der Waals surface area contributed by atoms with Crippen molar-refractivity contribution in [1.29, 1.82) is 0 Å². The number of nitrogens with zero attached hydrogens (tertiary/aromatic N) is 4. The van der Waals surface area contributed by atoms with Crippen molar-refractivity contribution in [2.75, 3.05) is 25.0 Å². The van der Waals surface area contributed by atoms with Crippen molar-refractivity contribution in [2.45, 2.75) is 12.1 Å². The predicted octanol–water partition coefficient (Wildman–Crippen LogP) is 4.44. The molecule has 5 rings (SSSR count). The Balaban J connectivity index is 1.50. The van der Waals surface area contributed by atoms with Crippen molar-refractivity contribution < 1.29 is 27.2 Å². The summed E-state index contributed by atoms with van der Waals surface area (Å²) < 4.78 is 57.5. The molecule has 40 heavy (non-hydrogen) atoms. The van der Waals surface area contributed by atoms with E-state index in [1.165, 1.54) is 24.0 Å². The van der Waals surface area contributed by atoms with E-state index in [9.17, 15) is 27.2 Å². The average molecular weight is 553 g/mol. The Morgan fingerprint density at radius 3 is 2.42 bits per heavy atom. The van der Waals surface area contributed by atoms with Crippen molar-refractivity contribution >= 4 is 17.5 Å². The Kier molecular flexibility index (Phi) is 7.11. The molecule has 0 spiro atoms. The largest absolute Gasteiger partial charge is 0.417 e. The number of hydrogen-bond donors (Lipinski definition) is 2. The quantitative estimate of drug-likeness (QED) is 0.344. The molecule has 1 aliphatic rings. The van der Waals surface area contributed by atoms with Crippen LogP contribution in [-0.4, -0.2) is 51.1 Å². The summed E-state index contributed by atoms with van der Waals surface area (Å²) in [4.78, 5) is 31.4. The van der Waals surface area contributed by atoms with Crippen LogP contribution < -0.4 is 11.1 Å². The number of rotatable bonds is 6. The molecule has 8 nitrogen and oxygen atoms in total. The monoisotopic (exact) mass is 552 g/mol. The van der Waals surface area contributed by atoms with Crippen LogP contribution in [0, 0.1) is 5.82 Å². The van der Waals surface area contributed by atoms with E-state index in [1.54, 1.807) is 41.3 Å². The predicted molar refractivity (Wildman–Crippen MR) is 140 cm³/mol. The summed E-state index contributed by atoms with van der Waals surface area (Å²) in [5.74, 6) is -2.46. The molecule has 0 saturated carbocycles. The first-order valence-corrected chi connectivity index (χ1v) is 12.3. The number of amides is 2. The number of nitrogens with two attached hydrogens (primary N) is 1. The molecule has 4 aromatic rings. The molecular formula is C28H24F4N6O2. The van der Waals surface area contributed by atoms with Crippen LogP contribution in [0.5, 0.6) is 0 Å². The molecule has 1 saturated heterocycles. The van der Waals surface area contributed by atoms with E-state index in [1.807, 2.05) is 6.07 Å². The van der Waals surface area contributed by atoms with Crippen molar-refractivity contribution in [3.05, 3.63) is 89.5 Å². The molecule has 0 aliphatic carbocycles. The van der Waals surface area contributed by atoms with Crippen molar-refractivity contribution in [3.63, 3.8) is 0 Å². The molecule has 3 heterocycles. The highest BCUT2D eigenvalue weighted by molar-refractivity contribution is 6.07. The number of hydrogen-bond acceptors (Lipinski definition) is 5. The van der Waals surface area contributed by atoms with Gasteiger partial charge in [0, 0.05) is 49.1 Å². The van der Waals surface area contributed by atoms with E-state index in [-0.39, 0.29) is 29.8 Å². The molecule has 0 radical (unpaired) electrons. The maximum atomic E-state index is 15.0. The number of carbonyl (C=O) groups is 2. The van der Waals surface area contributed by atoms with E-state index in [2.05, 4.69) is 10.4 Å². The third kappa shape index (κ3) is 5.30. The van der Waals surface area contributed by atoms with E-state index >= 15 is 0 Å². The number of anilines is 1. The number of pyridine rings is 1. The average Bonchev–Trinajstić information content (AvgIpc) is 3.34. The maximum Gasteiger partial charge on any atom is 0.417 e. The highest BCUT2D eigenvalue weighted by Crippen LogP contribution is 2.38. The summed E-state index contributed by atoms with van der Waals surface area (Å²) in [7, 11) is 1.53. The minimum absolute atomic E-state index is 0.0315. The van der Waals surface area contributed by atoms with Gasteiger partial charge in [-0.3, -0.25) is 19.3 Å². The van der Waals surface area contributed by atoms with Gasteiger partial charge < -0.3 is 16.0 Å². The number of carbonyl (C=O) groups excluding carboxylic acids is 2. The zero-order valence-corrected chi connectivity index (χ0v) is 21.2. The fourth-order valence-electron chi connectivity index (χ4n) is 4.56. The third-order valence-electron chi connectivity index (χ3n) is 6.69. The molecule has 12 heteroatoms. The van der Waals surface area contributed by atoms with Gasteiger partial charge in [0.2, 0.25) is 5.91 Å². The van der Waals surface area contributed by atoms with Crippen LogP contribution in [0.1, 0.15) is 27.5 Å². The lowest BCUT2D eigenvalue weighted by Gasteiger charge is -2.39. The molecule has 2 aromatic heterocycles. The van der Waals surface area contributed by atoms with Gasteiger partial charge in [-0.2, -0.15) is 18.3 Å². The minimum Gasteiger partial charge on any atom is -0.340 e. The highest BCUT2D eigenvalue weighted by atomic mass is 19.4. The van der Waals surface area contributed by atoms with Gasteiger partial charge in [-0.05, 0) is 30.3 Å². The standard InChI is InChI=1S/C28H24F4N6O2/c1-37-10-9-23(36-37)18-11-19(21(29)12-20(18)28(30,31)32)27(40)35-24-8-7-22(17-14-38(15-17)25(39)13-33)34-26(24)16-5-3-2-4-6-16/h2-12,17H,13-15,33H2,1H3,(H,35,40). The lowest BCUT2D eigenvalue weighted by molar-refractivity contribution is -0.137. The van der Waals surface area contributed by atoms with Gasteiger partial charge in [-0.1, -0.05) is 30.3 Å². The van der Waals surface area contributed by atoms with E-state index in [0.29, 0.717) is 36.1 Å². The second kappa shape index (κ2) is 10.5. The molecule has 206 valence electrons. The fraction of sp³-hybridized carbons (Fsp3) is 0.214. The number of aromatic nitrogens is 3. The van der Waals surface area contributed by atoms with E-state index in [0.717, 1.165) is 6.07 Å². The maximum absolute atomic E-state index is 15.0. The highest BCUT2D eigenvalue weighted by Gasteiger charge is 2.36. The van der Waals surface area contributed by atoms with Crippen molar-refractivity contribution in [1.82, 2.24) is 19.7 Å². The molecule has 2 amide bonds. The fourth-order valence-corrected chi connectivity index (χ4v) is 4.56. The second-order valence-electron chi connectivity index (χ2n) is 9.40. The van der Waals surface area contributed by atoms with Crippen molar-refractivity contribution in [3.8, 4) is 22.5 Å². The Hall–Kier alpha value is -4.58. The number of halogens is 4. The summed E-state index contributed by atoms with van der Waals surface area (Å²) in [6.45, 7) is 0.828. The first-order chi connectivity index (χ1) is 19.0. The van der Waals surface area contributed by atoms with E-state index < -0.39 is 34.6 Å². The molecule has 0 unspecified atom stereocenters. The molecule has 1 aliphatic heterocycles. The van der Waals surface area contributed by atoms with E-state index in [4.69, 9.17) is 10.7 Å². The summed E-state index contributed by atoms with van der Waals surface area (Å²) >= 11 is 0. The second-order valence-corrected chi connectivity index (χ2v) is 9.40. The molecule has 0 atom stereocenters. The zero-order valence-electron chi connectivity index (χ0n) is 21.2. The molecule has 2 aromatic carbocycles. The number of alkyl halides is 3. The van der Waals surface area contributed by atoms with Crippen LogP contribution in [0.15, 0.2) is 66.9 Å². The number of likely N-dealkylation sites (tertiary alicyclic amines) is 1. The Bertz CT molecular complexity index is 1580. The lowest BCUT2D eigenvalue weighted by Crippen LogP contribution is -2.50. The van der Waals surface area contributed by atoms with Gasteiger partial charge in [0.05, 0.1) is 34.7 Å². The summed E-state index contributed by atoms with van der Waals surface area (Å²) in [6, 6.07) is 14.8. The first-order valence-electron chi connectivity index (χ1n) is 12.3. The van der Waals surface area contributed by atoms with Gasteiger partial charge in [0.1, 0.15) is 5.82 Å². The van der Waals surface area contributed by atoms with Crippen LogP contribution in [0.2, 0.25) is 0 Å². The van der Waals surface area contributed by atoms with Gasteiger partial charge >= 0.3 is 6.18 Å². The Morgan fingerprint density at radius 1 is 1.07 bits per heavy atom. The molecule has 0 bridgehead atoms. The number of aryl methyl sites for hydroxylation is 1. The molecule has 3 N–H and O–H groups in total. The lowest BCUT2D eigenvalue weighted by atomic mass is 9.94. The zero-order chi connectivity index (χ0) is 28.6. The van der Waals surface area contributed by atoms with Gasteiger partial charge in [0.15, 0.2) is 0 Å². The normalized spacial score (nSPS) is 13.7. The van der Waals surface area contributed by atoms with Gasteiger partial charge in [-0.15, -0.1) is 0 Å². The summed E-state index contributed by atoms with van der Waals surface area (Å²) in [6.07, 6.45) is -3.42. The number of nitrogens with one attached hydrogen (secondary N) is 1. The molecular weight excluding hydrogens is 528 g/mol. The van der Waals surface area contributed by atoms with Gasteiger partial charge in [0.25, 0.3) is 5.91 Å². The summed E-state index contributed by atoms with van der Waals surface area (Å²) in [5.41, 5.74) is 5.14. The van der Waals surface area contributed by atoms with Crippen LogP contribution >= 0.6 is 0 Å². The minimum atomic E-state index is -4.87. The first kappa shape index (κ1) is 27.0. The van der Waals surface area contributed by atoms with Crippen LogP contribution in [0.3, 0.4) is 0 Å². The van der Waals surface area contributed by atoms with Gasteiger partial charge in [-0.25, -0.2) is 4.39 Å². The summed E-state index contributed by atoms with van der Waals surface area (Å²) in [5, 5.41) is 6.62. The SMILES string of the molecule is Cn1ccc(-c2cc(C(=O)Nc3ccc(C4CN(C(=O)CN)C4)nc3-c3ccccc3)c(F)cc2C(F)(F)F)n1. The third-order valence-corrected chi connectivity index (χ3v) is 6.69. The Labute approximate surface area is 226 Å². The van der Waals surface area contributed by atoms with Crippen LogP contribution in [0.4, 0.5) is 23.2 Å². The van der Waals surface area contributed by atoms with Crippen LogP contribution in [-0.2, 0) is 18.0 Å². The smallest absolute Gasteiger partial charge is 0.340 e. The van der Waals surface area contributed by atoms with Crippen molar-refractivity contribution in [2.24, 2.45) is 12.8 Å². The molecule has 1 fully saturated rings. The van der Waals surface area contributed by atoms with Crippen LogP contribution in [0.25, 0.3) is 22.5 Å². The Morgan fingerprint density at radius 2 is 1.80 bits per heavy atom. The number of benzene rings is 2.